The van der Waals surface area contributed by atoms with Crippen LogP contribution in [0.3, 0.4) is 0 Å². The van der Waals surface area contributed by atoms with Gasteiger partial charge in [0.15, 0.2) is 6.26 Å². The van der Waals surface area contributed by atoms with Crippen LogP contribution in [0, 0.1) is 16.7 Å². The molecule has 5 nitrogen and oxygen atoms in total. The van der Waals surface area contributed by atoms with Gasteiger partial charge in [-0.3, -0.25) is 10.1 Å². The molecule has 0 unspecified atom stereocenters. The second kappa shape index (κ2) is 1.79. The second-order valence-electron chi connectivity index (χ2n) is 1.11. The summed E-state index contributed by atoms with van der Waals surface area (Å²) in [6.45, 7) is 2.15. The van der Waals surface area contributed by atoms with Gasteiger partial charge >= 0.3 is 5.70 Å². The molecular formula is C3H2N2O3. The molecule has 0 aromatic heterocycles. The average molecular weight is 114 g/mol. The van der Waals surface area contributed by atoms with E-state index >= 15 is 0 Å². The van der Waals surface area contributed by atoms with Crippen molar-refractivity contribution in [3.05, 3.63) is 28.6 Å². The van der Waals surface area contributed by atoms with Crippen molar-refractivity contribution in [3.8, 4) is 0 Å². The van der Waals surface area contributed by atoms with Crippen LogP contribution >= 0.6 is 0 Å². The van der Waals surface area contributed by atoms with Crippen LogP contribution in [0.1, 0.15) is 0 Å². The smallest absolute Gasteiger partial charge is 0.311 e. The minimum atomic E-state index is -0.597. The average Bonchev–Trinajstić information content (AvgIpc) is 2.12. The highest BCUT2D eigenvalue weighted by Crippen LogP contribution is 2.02. The summed E-state index contributed by atoms with van der Waals surface area (Å²) in [5.41, 5.74) is 1.88. The van der Waals surface area contributed by atoms with Crippen molar-refractivity contribution in [1.29, 1.82) is 0 Å². The summed E-state index contributed by atoms with van der Waals surface area (Å²) in [4.78, 5) is 13.4. The molecule has 1 aliphatic heterocycles. The number of hydroxylamine groups is 1. The fourth-order valence-corrected chi connectivity index (χ4v) is 0.285. The lowest BCUT2D eigenvalue weighted by atomic mass is 10.5. The van der Waals surface area contributed by atoms with Gasteiger partial charge in [-0.2, -0.15) is 0 Å². The van der Waals surface area contributed by atoms with Crippen molar-refractivity contribution in [2.24, 2.45) is 0 Å². The maximum Gasteiger partial charge on any atom is 0.311 e. The highest BCUT2D eigenvalue weighted by molar-refractivity contribution is 5.01. The fraction of sp³-hybridized carbons (Fsp3) is 0. The van der Waals surface area contributed by atoms with Crippen LogP contribution in [0.4, 0.5) is 0 Å². The van der Waals surface area contributed by atoms with Crippen molar-refractivity contribution in [3.63, 3.8) is 0 Å². The molecule has 2 radical (unpaired) electrons. The Hall–Kier alpha value is -1.10. The van der Waals surface area contributed by atoms with Gasteiger partial charge < -0.3 is 4.84 Å². The van der Waals surface area contributed by atoms with E-state index in [0.717, 1.165) is 6.26 Å². The van der Waals surface area contributed by atoms with Crippen LogP contribution < -0.4 is 5.48 Å². The maximum absolute atomic E-state index is 9.76. The molecule has 0 aromatic carbocycles. The zero-order chi connectivity index (χ0) is 5.98. The summed E-state index contributed by atoms with van der Waals surface area (Å²) in [5.74, 6) is 0. The van der Waals surface area contributed by atoms with Gasteiger partial charge in [-0.1, -0.05) is 0 Å². The van der Waals surface area contributed by atoms with E-state index in [2.05, 4.69) is 16.9 Å². The molecule has 1 heterocycles. The Bertz CT molecular complexity index is 141. The first kappa shape index (κ1) is 5.04. The minimum Gasteiger partial charge on any atom is -0.408 e. The Morgan fingerprint density at radius 2 is 2.75 bits per heavy atom. The van der Waals surface area contributed by atoms with Crippen LogP contribution in [0.2, 0.25) is 0 Å². The molecule has 0 amide bonds. The van der Waals surface area contributed by atoms with Crippen molar-refractivity contribution in [2.45, 2.75) is 0 Å². The summed E-state index contributed by atoms with van der Waals surface area (Å²) in [6, 6.07) is 0. The number of hydrogen-bond donors (Lipinski definition) is 1. The predicted molar refractivity (Wildman–Crippen MR) is 22.5 cm³/mol. The van der Waals surface area contributed by atoms with Gasteiger partial charge in [0.05, 0.1) is 4.92 Å². The molecule has 0 aliphatic carbocycles. The molecule has 42 valence electrons. The Balaban J connectivity index is 2.57. The molecule has 0 atom stereocenters. The van der Waals surface area contributed by atoms with E-state index in [4.69, 9.17) is 0 Å². The Kier molecular flexibility index (Phi) is 1.13. The van der Waals surface area contributed by atoms with E-state index in [1.165, 1.54) is 0 Å². The van der Waals surface area contributed by atoms with Gasteiger partial charge in [0.2, 0.25) is 6.54 Å². The van der Waals surface area contributed by atoms with Crippen LogP contribution in [0.15, 0.2) is 12.0 Å². The van der Waals surface area contributed by atoms with Gasteiger partial charge in [-0.05, 0) is 0 Å². The lowest BCUT2D eigenvalue weighted by molar-refractivity contribution is -0.421. The Morgan fingerprint density at radius 1 is 2.00 bits per heavy atom. The summed E-state index contributed by atoms with van der Waals surface area (Å²) in [6.07, 6.45) is 0.972. The third kappa shape index (κ3) is 0.760. The lowest BCUT2D eigenvalue weighted by Crippen LogP contribution is -2.03. The first-order valence-electron chi connectivity index (χ1n) is 1.82. The highest BCUT2D eigenvalue weighted by Gasteiger charge is 2.17. The standard InChI is InChI=1S/C3H2N2O3/c6-5(7)3-1-4-8-2-3/h2,4H. The Morgan fingerprint density at radius 3 is 3.00 bits per heavy atom. The minimum absolute atomic E-state index is 0.190. The first-order chi connectivity index (χ1) is 3.80. The summed E-state index contributed by atoms with van der Waals surface area (Å²) < 4.78 is 0. The second-order valence-corrected chi connectivity index (χ2v) is 1.11. The zero-order valence-corrected chi connectivity index (χ0v) is 3.75. The van der Waals surface area contributed by atoms with Crippen LogP contribution in [0.25, 0.3) is 0 Å². The topological polar surface area (TPSA) is 64.4 Å². The molecule has 0 saturated carbocycles. The maximum atomic E-state index is 9.76. The highest BCUT2D eigenvalue weighted by atomic mass is 16.7. The van der Waals surface area contributed by atoms with Crippen molar-refractivity contribution < 1.29 is 9.76 Å². The molecule has 0 fully saturated rings. The molecule has 1 N–H and O–H groups in total. The zero-order valence-electron chi connectivity index (χ0n) is 3.75. The van der Waals surface area contributed by atoms with Crippen LogP contribution in [0.5, 0.6) is 0 Å². The molecule has 0 saturated heterocycles. The third-order valence-electron chi connectivity index (χ3n) is 0.605. The number of nitrogens with one attached hydrogen (secondary N) is 1. The monoisotopic (exact) mass is 114 g/mol. The number of nitrogens with zero attached hydrogens (tertiary/aromatic N) is 1. The number of hydrogen-bond acceptors (Lipinski definition) is 4. The lowest BCUT2D eigenvalue weighted by Gasteiger charge is -1.81. The SMILES string of the molecule is O=[N+]([O-])C1=CON[C]1. The molecular weight excluding hydrogens is 112 g/mol. The van der Waals surface area contributed by atoms with E-state index in [1.807, 2.05) is 0 Å². The predicted octanol–water partition coefficient (Wildman–Crippen LogP) is -0.322. The van der Waals surface area contributed by atoms with Crippen molar-refractivity contribution >= 4 is 0 Å². The molecule has 0 aromatic rings. The van der Waals surface area contributed by atoms with Gasteiger partial charge in [0.1, 0.15) is 0 Å². The fourth-order valence-electron chi connectivity index (χ4n) is 0.285. The van der Waals surface area contributed by atoms with Crippen molar-refractivity contribution in [2.75, 3.05) is 0 Å². The van der Waals surface area contributed by atoms with E-state index in [0.29, 0.717) is 0 Å². The third-order valence-corrected chi connectivity index (χ3v) is 0.605. The largest absolute Gasteiger partial charge is 0.408 e. The molecule has 8 heavy (non-hydrogen) atoms. The number of rotatable bonds is 1. The van der Waals surface area contributed by atoms with Gasteiger partial charge in [-0.25, -0.2) is 0 Å². The van der Waals surface area contributed by atoms with E-state index in [9.17, 15) is 10.1 Å². The molecule has 0 bridgehead atoms. The van der Waals surface area contributed by atoms with Crippen LogP contribution in [-0.2, 0) is 4.84 Å². The van der Waals surface area contributed by atoms with E-state index in [-0.39, 0.29) is 5.70 Å². The first-order valence-corrected chi connectivity index (χ1v) is 1.82. The number of nitro groups is 1. The summed E-state index contributed by atoms with van der Waals surface area (Å²) in [7, 11) is 0. The van der Waals surface area contributed by atoms with Gasteiger partial charge in [0, 0.05) is 0 Å². The molecule has 0 spiro atoms. The Labute approximate surface area is 45.0 Å². The van der Waals surface area contributed by atoms with E-state index in [1.54, 1.807) is 0 Å². The normalized spacial score (nSPS) is 17.2. The molecule has 1 rings (SSSR count). The van der Waals surface area contributed by atoms with Gasteiger partial charge in [0.25, 0.3) is 0 Å². The summed E-state index contributed by atoms with van der Waals surface area (Å²) in [5, 5.41) is 9.76. The summed E-state index contributed by atoms with van der Waals surface area (Å²) >= 11 is 0. The van der Waals surface area contributed by atoms with Gasteiger partial charge in [-0.15, -0.1) is 5.48 Å². The molecule has 1 aliphatic rings. The molecule has 5 heteroatoms. The van der Waals surface area contributed by atoms with Crippen LogP contribution in [-0.4, -0.2) is 4.92 Å². The van der Waals surface area contributed by atoms with E-state index < -0.39 is 4.92 Å². The van der Waals surface area contributed by atoms with Crippen molar-refractivity contribution in [1.82, 2.24) is 5.48 Å². The quantitative estimate of drug-likeness (QED) is 0.374.